The van der Waals surface area contributed by atoms with Gasteiger partial charge in [0, 0.05) is 6.42 Å². The molecule has 0 fully saturated rings. The largest absolute Gasteiger partial charge is 0.198 e. The first kappa shape index (κ1) is 10.9. The maximum Gasteiger partial charge on any atom is 0.0621 e. The Morgan fingerprint density at radius 2 is 1.91 bits per heavy atom. The second kappa shape index (κ2) is 9.92. The molecule has 11 heavy (non-hydrogen) atoms. The highest BCUT2D eigenvalue weighted by Crippen LogP contribution is 2.15. The zero-order valence-corrected chi connectivity index (χ0v) is 8.40. The lowest BCUT2D eigenvalue weighted by atomic mass is 10.3. The van der Waals surface area contributed by atoms with E-state index >= 15 is 0 Å². The fourth-order valence-corrected chi connectivity index (χ4v) is 2.09. The summed E-state index contributed by atoms with van der Waals surface area (Å²) >= 11 is 0. The predicted molar refractivity (Wildman–Crippen MR) is 52.4 cm³/mol. The first-order valence-corrected chi connectivity index (χ1v) is 5.91. The molecule has 1 atom stereocenters. The van der Waals surface area contributed by atoms with Crippen LogP contribution in [0.4, 0.5) is 0 Å². The van der Waals surface area contributed by atoms with Crippen LogP contribution in [0.5, 0.6) is 0 Å². The molecule has 1 nitrogen and oxygen atoms in total. The van der Waals surface area contributed by atoms with Gasteiger partial charge in [-0.3, -0.25) is 0 Å². The fourth-order valence-electron chi connectivity index (χ4n) is 0.917. The number of hydrogen-bond acceptors (Lipinski definition) is 1. The van der Waals surface area contributed by atoms with Crippen LogP contribution in [0.15, 0.2) is 0 Å². The van der Waals surface area contributed by atoms with Crippen LogP contribution < -0.4 is 0 Å². The molecule has 0 rings (SSSR count). The molecule has 0 saturated heterocycles. The summed E-state index contributed by atoms with van der Waals surface area (Å²) in [4.78, 5) is 0. The lowest BCUT2D eigenvalue weighted by molar-refractivity contribution is 0.776. The minimum atomic E-state index is 0.751. The van der Waals surface area contributed by atoms with Gasteiger partial charge in [0.2, 0.25) is 0 Å². The first-order chi connectivity index (χ1) is 5.41. The molecule has 0 radical (unpaired) electrons. The van der Waals surface area contributed by atoms with Crippen LogP contribution in [0.2, 0.25) is 0 Å². The molecular weight excluding hydrogens is 153 g/mol. The van der Waals surface area contributed by atoms with Crippen molar-refractivity contribution in [3.05, 3.63) is 0 Å². The van der Waals surface area contributed by atoms with Gasteiger partial charge in [0.25, 0.3) is 0 Å². The summed E-state index contributed by atoms with van der Waals surface area (Å²) in [5, 5.41) is 8.26. The zero-order valence-electron chi connectivity index (χ0n) is 7.40. The molecule has 0 aromatic rings. The summed E-state index contributed by atoms with van der Waals surface area (Å²) in [5.41, 5.74) is 0. The Balaban J connectivity index is 2.75. The van der Waals surface area contributed by atoms with Crippen molar-refractivity contribution in [1.29, 1.82) is 5.26 Å². The summed E-state index contributed by atoms with van der Waals surface area (Å²) in [6.07, 6.45) is 8.62. The predicted octanol–water partition coefficient (Wildman–Crippen LogP) is 3.16. The number of hydrogen-bond donors (Lipinski definition) is 0. The number of rotatable bonds is 7. The molecule has 0 aromatic carbocycles. The molecule has 0 saturated carbocycles. The van der Waals surface area contributed by atoms with Crippen molar-refractivity contribution in [2.45, 2.75) is 39.0 Å². The van der Waals surface area contributed by atoms with Gasteiger partial charge >= 0.3 is 0 Å². The highest BCUT2D eigenvalue weighted by molar-refractivity contribution is 7.37. The van der Waals surface area contributed by atoms with E-state index in [4.69, 9.17) is 5.26 Å². The SMILES string of the molecule is CCCCCPCCCC#N. The molecule has 64 valence electrons. The summed E-state index contributed by atoms with van der Waals surface area (Å²) in [7, 11) is 1.10. The number of unbranched alkanes of at least 4 members (excludes halogenated alkanes) is 3. The Hall–Kier alpha value is -0.0800. The molecule has 0 aromatic heterocycles. The van der Waals surface area contributed by atoms with Crippen LogP contribution in [0.25, 0.3) is 0 Å². The molecule has 0 spiro atoms. The number of nitrogens with zero attached hydrogens (tertiary/aromatic N) is 1. The van der Waals surface area contributed by atoms with E-state index in [1.165, 1.54) is 31.6 Å². The van der Waals surface area contributed by atoms with Crippen LogP contribution in [0, 0.1) is 11.3 Å². The van der Waals surface area contributed by atoms with Crippen LogP contribution in [0.1, 0.15) is 39.0 Å². The van der Waals surface area contributed by atoms with E-state index in [2.05, 4.69) is 13.0 Å². The van der Waals surface area contributed by atoms with Crippen molar-refractivity contribution >= 4 is 8.58 Å². The van der Waals surface area contributed by atoms with Crippen molar-refractivity contribution in [3.63, 3.8) is 0 Å². The monoisotopic (exact) mass is 171 g/mol. The lowest BCUT2D eigenvalue weighted by Crippen LogP contribution is -1.80. The van der Waals surface area contributed by atoms with Crippen molar-refractivity contribution in [1.82, 2.24) is 0 Å². The van der Waals surface area contributed by atoms with Crippen molar-refractivity contribution < 1.29 is 0 Å². The maximum atomic E-state index is 8.26. The smallest absolute Gasteiger partial charge is 0.0621 e. The van der Waals surface area contributed by atoms with Gasteiger partial charge in [-0.2, -0.15) is 5.26 Å². The Labute approximate surface area is 72.0 Å². The zero-order chi connectivity index (χ0) is 8.36. The molecular formula is C9H18NP. The third-order valence-corrected chi connectivity index (χ3v) is 3.01. The fraction of sp³-hybridized carbons (Fsp3) is 0.889. The molecule has 0 amide bonds. The van der Waals surface area contributed by atoms with Crippen LogP contribution in [-0.4, -0.2) is 12.3 Å². The van der Waals surface area contributed by atoms with E-state index in [0.717, 1.165) is 21.4 Å². The van der Waals surface area contributed by atoms with Crippen molar-refractivity contribution in [2.75, 3.05) is 12.3 Å². The first-order valence-electron chi connectivity index (χ1n) is 4.49. The van der Waals surface area contributed by atoms with Crippen molar-refractivity contribution in [2.24, 2.45) is 0 Å². The van der Waals surface area contributed by atoms with Gasteiger partial charge in [-0.05, 0) is 25.2 Å². The third kappa shape index (κ3) is 9.92. The summed E-state index contributed by atoms with van der Waals surface area (Å²) in [5.74, 6) is 0. The Morgan fingerprint density at radius 1 is 1.18 bits per heavy atom. The van der Waals surface area contributed by atoms with Gasteiger partial charge in [0.1, 0.15) is 0 Å². The highest BCUT2D eigenvalue weighted by atomic mass is 31.1. The van der Waals surface area contributed by atoms with E-state index in [-0.39, 0.29) is 0 Å². The molecule has 0 aliphatic carbocycles. The molecule has 2 heteroatoms. The van der Waals surface area contributed by atoms with E-state index in [1.807, 2.05) is 0 Å². The number of nitriles is 1. The molecule has 0 aliphatic rings. The van der Waals surface area contributed by atoms with Gasteiger partial charge in [0.15, 0.2) is 0 Å². The van der Waals surface area contributed by atoms with Crippen LogP contribution >= 0.6 is 8.58 Å². The Kier molecular flexibility index (Phi) is 9.85. The quantitative estimate of drug-likeness (QED) is 0.426. The molecule has 1 unspecified atom stereocenters. The third-order valence-electron chi connectivity index (χ3n) is 1.60. The minimum Gasteiger partial charge on any atom is -0.198 e. The second-order valence-corrected chi connectivity index (χ2v) is 4.22. The van der Waals surface area contributed by atoms with Crippen LogP contribution in [0.3, 0.4) is 0 Å². The molecule has 0 N–H and O–H groups in total. The molecule has 0 heterocycles. The van der Waals surface area contributed by atoms with Gasteiger partial charge in [0.05, 0.1) is 6.07 Å². The Bertz CT molecular complexity index is 107. The normalized spacial score (nSPS) is 10.5. The van der Waals surface area contributed by atoms with E-state index in [0.29, 0.717) is 0 Å². The Morgan fingerprint density at radius 3 is 2.55 bits per heavy atom. The van der Waals surface area contributed by atoms with Gasteiger partial charge < -0.3 is 0 Å². The average Bonchev–Trinajstić information content (AvgIpc) is 2.03. The maximum absolute atomic E-state index is 8.26. The summed E-state index contributed by atoms with van der Waals surface area (Å²) in [6, 6.07) is 2.17. The molecule has 0 bridgehead atoms. The minimum absolute atomic E-state index is 0.751. The topological polar surface area (TPSA) is 23.8 Å². The van der Waals surface area contributed by atoms with Gasteiger partial charge in [-0.25, -0.2) is 0 Å². The van der Waals surface area contributed by atoms with Crippen LogP contribution in [-0.2, 0) is 0 Å². The van der Waals surface area contributed by atoms with Gasteiger partial charge in [-0.15, -0.1) is 8.58 Å². The van der Waals surface area contributed by atoms with E-state index in [1.54, 1.807) is 0 Å². The van der Waals surface area contributed by atoms with E-state index < -0.39 is 0 Å². The molecule has 0 aliphatic heterocycles. The average molecular weight is 171 g/mol. The standard InChI is InChI=1S/C9H18NP/c1-2-3-5-8-11-9-6-4-7-10/h11H,2-6,8-9H2,1H3. The lowest BCUT2D eigenvalue weighted by Gasteiger charge is -1.97. The van der Waals surface area contributed by atoms with Crippen molar-refractivity contribution in [3.8, 4) is 6.07 Å². The van der Waals surface area contributed by atoms with Gasteiger partial charge in [-0.1, -0.05) is 19.8 Å². The highest BCUT2D eigenvalue weighted by Gasteiger charge is 1.88. The summed E-state index contributed by atoms with van der Waals surface area (Å²) < 4.78 is 0. The second-order valence-electron chi connectivity index (χ2n) is 2.72. The van der Waals surface area contributed by atoms with E-state index in [9.17, 15) is 0 Å². The summed E-state index contributed by atoms with van der Waals surface area (Å²) in [6.45, 7) is 2.23.